The van der Waals surface area contributed by atoms with Crippen LogP contribution in [0.2, 0.25) is 0 Å². The number of carbonyl (C=O) groups excluding carboxylic acids is 1. The summed E-state index contributed by atoms with van der Waals surface area (Å²) >= 11 is 0. The first-order valence-corrected chi connectivity index (χ1v) is 9.75. The van der Waals surface area contributed by atoms with Crippen molar-refractivity contribution in [2.45, 2.75) is 65.7 Å². The average molecular weight is 320 g/mol. The lowest BCUT2D eigenvalue weighted by Crippen LogP contribution is -2.46. The van der Waals surface area contributed by atoms with Crippen molar-refractivity contribution in [2.75, 3.05) is 0 Å². The van der Waals surface area contributed by atoms with E-state index in [1.165, 1.54) is 41.6 Å². The molecule has 5 aliphatic carbocycles. The Morgan fingerprint density at radius 3 is 2.75 bits per heavy atom. The van der Waals surface area contributed by atoms with E-state index in [0.717, 1.165) is 25.7 Å². The number of allylic oxidation sites excluding steroid dienone is 8. The van der Waals surface area contributed by atoms with Gasteiger partial charge in [0.1, 0.15) is 5.78 Å². The van der Waals surface area contributed by atoms with Crippen molar-refractivity contribution < 1.29 is 4.79 Å². The van der Waals surface area contributed by atoms with Crippen LogP contribution < -0.4 is 0 Å². The summed E-state index contributed by atoms with van der Waals surface area (Å²) in [7, 11) is 0. The maximum atomic E-state index is 13.0. The van der Waals surface area contributed by atoms with Crippen LogP contribution >= 0.6 is 0 Å². The van der Waals surface area contributed by atoms with Crippen molar-refractivity contribution in [1.82, 2.24) is 0 Å². The molecule has 2 saturated carbocycles. The quantitative estimate of drug-likeness (QED) is 0.560. The van der Waals surface area contributed by atoms with Gasteiger partial charge in [-0.1, -0.05) is 43.7 Å². The fraction of sp³-hybridized carbons (Fsp3) is 0.609. The fourth-order valence-electron chi connectivity index (χ4n) is 6.81. The monoisotopic (exact) mass is 320 g/mol. The first-order valence-electron chi connectivity index (χ1n) is 9.75. The average Bonchev–Trinajstić information content (AvgIpc) is 2.99. The molecular weight excluding hydrogens is 292 g/mol. The van der Waals surface area contributed by atoms with Gasteiger partial charge >= 0.3 is 0 Å². The second kappa shape index (κ2) is 4.42. The second-order valence-electron chi connectivity index (χ2n) is 9.45. The highest BCUT2D eigenvalue weighted by molar-refractivity contribution is 5.94. The van der Waals surface area contributed by atoms with E-state index in [9.17, 15) is 4.79 Å². The van der Waals surface area contributed by atoms with Gasteiger partial charge in [0.25, 0.3) is 0 Å². The molecule has 0 amide bonds. The Labute approximate surface area is 145 Å². The topological polar surface area (TPSA) is 17.1 Å². The molecule has 0 N–H and O–H groups in total. The molecule has 0 aromatic heterocycles. The molecule has 5 aliphatic rings. The first kappa shape index (κ1) is 14.9. The van der Waals surface area contributed by atoms with Crippen LogP contribution in [0.25, 0.3) is 0 Å². The van der Waals surface area contributed by atoms with Crippen molar-refractivity contribution in [3.05, 3.63) is 46.6 Å². The van der Waals surface area contributed by atoms with Crippen molar-refractivity contribution in [1.29, 1.82) is 0 Å². The minimum atomic E-state index is -0.141. The van der Waals surface area contributed by atoms with Crippen molar-refractivity contribution >= 4 is 5.78 Å². The van der Waals surface area contributed by atoms with E-state index < -0.39 is 0 Å². The van der Waals surface area contributed by atoms with E-state index in [1.54, 1.807) is 0 Å². The summed E-state index contributed by atoms with van der Waals surface area (Å²) in [5.41, 5.74) is 6.31. The van der Waals surface area contributed by atoms with Gasteiger partial charge in [0.05, 0.1) is 5.41 Å². The predicted molar refractivity (Wildman–Crippen MR) is 97.5 cm³/mol. The number of rotatable bonds is 0. The Bertz CT molecular complexity index is 776. The van der Waals surface area contributed by atoms with Crippen LogP contribution in [0.15, 0.2) is 46.6 Å². The molecule has 0 radical (unpaired) electrons. The van der Waals surface area contributed by atoms with E-state index >= 15 is 0 Å². The number of fused-ring (bicyclic) bond motifs is 4. The van der Waals surface area contributed by atoms with Crippen molar-refractivity contribution in [3.8, 4) is 0 Å². The van der Waals surface area contributed by atoms with E-state index in [0.29, 0.717) is 11.7 Å². The molecule has 24 heavy (non-hydrogen) atoms. The molecule has 126 valence electrons. The van der Waals surface area contributed by atoms with Gasteiger partial charge < -0.3 is 0 Å². The molecule has 1 nitrogen and oxygen atoms in total. The fourth-order valence-corrected chi connectivity index (χ4v) is 6.81. The minimum Gasteiger partial charge on any atom is -0.299 e. The maximum Gasteiger partial charge on any atom is 0.143 e. The van der Waals surface area contributed by atoms with Crippen LogP contribution in [0, 0.1) is 22.2 Å². The highest BCUT2D eigenvalue weighted by Gasteiger charge is 2.64. The Balaban J connectivity index is 1.66. The van der Waals surface area contributed by atoms with Gasteiger partial charge in [-0.3, -0.25) is 4.79 Å². The number of carbonyl (C=O) groups is 1. The summed E-state index contributed by atoms with van der Waals surface area (Å²) in [5.74, 6) is 1.14. The van der Waals surface area contributed by atoms with Crippen molar-refractivity contribution in [3.63, 3.8) is 0 Å². The first-order chi connectivity index (χ1) is 11.4. The molecule has 0 aromatic rings. The van der Waals surface area contributed by atoms with Gasteiger partial charge in [-0.05, 0) is 78.9 Å². The SMILES string of the molecule is CC1=CC2=CC=C3C4=CC[C@@]5(C)CCC(=O)[C@@]45CCC3[C@@]2(C)CC1. The standard InChI is InChI=1S/C23H28O/c1-15-6-12-22(3)16(14-15)4-5-17-18(22)8-13-23-19(17)7-10-21(23,2)11-9-20(23)24/h4-5,7,14,18H,6,8-13H2,1-3H3/t18?,21-,22-,23+/m0/s1. The third kappa shape index (κ3) is 1.51. The van der Waals surface area contributed by atoms with Crippen LogP contribution in [0.3, 0.4) is 0 Å². The van der Waals surface area contributed by atoms with Gasteiger partial charge in [0.15, 0.2) is 0 Å². The Morgan fingerprint density at radius 2 is 1.92 bits per heavy atom. The van der Waals surface area contributed by atoms with Crippen LogP contribution in [0.4, 0.5) is 0 Å². The van der Waals surface area contributed by atoms with Crippen LogP contribution in [-0.2, 0) is 4.79 Å². The van der Waals surface area contributed by atoms with Gasteiger partial charge in [0, 0.05) is 6.42 Å². The van der Waals surface area contributed by atoms with Crippen LogP contribution in [0.1, 0.15) is 65.7 Å². The summed E-state index contributed by atoms with van der Waals surface area (Å²) < 4.78 is 0. The van der Waals surface area contributed by atoms with E-state index in [1.807, 2.05) is 0 Å². The number of ketones is 1. The van der Waals surface area contributed by atoms with E-state index in [2.05, 4.69) is 45.1 Å². The Morgan fingerprint density at radius 1 is 1.08 bits per heavy atom. The summed E-state index contributed by atoms with van der Waals surface area (Å²) in [4.78, 5) is 13.0. The van der Waals surface area contributed by atoms with Gasteiger partial charge in [-0.15, -0.1) is 0 Å². The third-order valence-electron chi connectivity index (χ3n) is 8.43. The molecule has 0 aromatic carbocycles. The predicted octanol–water partition coefficient (Wildman–Crippen LogP) is 5.69. The Kier molecular flexibility index (Phi) is 2.75. The molecule has 2 fully saturated rings. The second-order valence-corrected chi connectivity index (χ2v) is 9.45. The molecule has 1 spiro atoms. The maximum absolute atomic E-state index is 13.0. The Hall–Kier alpha value is -1.37. The zero-order chi connectivity index (χ0) is 16.7. The van der Waals surface area contributed by atoms with Crippen LogP contribution in [-0.4, -0.2) is 5.78 Å². The molecule has 0 heterocycles. The zero-order valence-electron chi connectivity index (χ0n) is 15.2. The highest BCUT2D eigenvalue weighted by atomic mass is 16.1. The number of hydrogen-bond acceptors (Lipinski definition) is 1. The summed E-state index contributed by atoms with van der Waals surface area (Å²) in [5, 5.41) is 0. The van der Waals surface area contributed by atoms with Crippen LogP contribution in [0.5, 0.6) is 0 Å². The molecular formula is C23H28O. The summed E-state index contributed by atoms with van der Waals surface area (Å²) in [6.45, 7) is 7.11. The number of Topliss-reactive ketones (excluding diaryl/α,β-unsaturated/α-hetero) is 1. The van der Waals surface area contributed by atoms with Gasteiger partial charge in [-0.2, -0.15) is 0 Å². The molecule has 0 aliphatic heterocycles. The highest BCUT2D eigenvalue weighted by Crippen LogP contribution is 2.70. The zero-order valence-corrected chi connectivity index (χ0v) is 15.2. The van der Waals surface area contributed by atoms with Gasteiger partial charge in [0.2, 0.25) is 0 Å². The lowest BCUT2D eigenvalue weighted by molar-refractivity contribution is -0.127. The lowest BCUT2D eigenvalue weighted by atomic mass is 9.50. The van der Waals surface area contributed by atoms with Crippen molar-refractivity contribution in [2.24, 2.45) is 22.2 Å². The van der Waals surface area contributed by atoms with E-state index in [-0.39, 0.29) is 16.2 Å². The normalized spacial score (nSPS) is 46.1. The summed E-state index contributed by atoms with van der Waals surface area (Å²) in [6.07, 6.45) is 17.3. The molecule has 0 saturated heterocycles. The molecule has 1 heteroatoms. The molecule has 4 atom stereocenters. The minimum absolute atomic E-state index is 0.141. The summed E-state index contributed by atoms with van der Waals surface area (Å²) in [6, 6.07) is 0. The lowest BCUT2D eigenvalue weighted by Gasteiger charge is -2.53. The number of hydrogen-bond donors (Lipinski definition) is 0. The molecule has 0 bridgehead atoms. The largest absolute Gasteiger partial charge is 0.299 e. The molecule has 1 unspecified atom stereocenters. The van der Waals surface area contributed by atoms with E-state index in [4.69, 9.17) is 0 Å². The third-order valence-corrected chi connectivity index (χ3v) is 8.43. The smallest absolute Gasteiger partial charge is 0.143 e. The molecule has 5 rings (SSSR count). The van der Waals surface area contributed by atoms with Gasteiger partial charge in [-0.25, -0.2) is 0 Å².